The summed E-state index contributed by atoms with van der Waals surface area (Å²) >= 11 is 0. The second kappa shape index (κ2) is 9.94. The van der Waals surface area contributed by atoms with Crippen molar-refractivity contribution >= 4 is 11.7 Å². The minimum Gasteiger partial charge on any atom is -0.497 e. The number of hydrogen-bond donors (Lipinski definition) is 2. The first-order valence-corrected chi connectivity index (χ1v) is 9.16. The van der Waals surface area contributed by atoms with E-state index in [1.54, 1.807) is 19.4 Å². The van der Waals surface area contributed by atoms with Crippen LogP contribution in [0.3, 0.4) is 0 Å². The zero-order valence-electron chi connectivity index (χ0n) is 17.0. The van der Waals surface area contributed by atoms with Gasteiger partial charge < -0.3 is 24.6 Å². The summed E-state index contributed by atoms with van der Waals surface area (Å²) in [4.78, 5) is 16.7. The molecule has 1 heterocycles. The molecule has 0 radical (unpaired) electrons. The van der Waals surface area contributed by atoms with Crippen molar-refractivity contribution in [2.24, 2.45) is 0 Å². The predicted molar refractivity (Wildman–Crippen MR) is 107 cm³/mol. The van der Waals surface area contributed by atoms with E-state index in [-0.39, 0.29) is 19.3 Å². The van der Waals surface area contributed by atoms with E-state index in [1.165, 1.54) is 7.11 Å². The van der Waals surface area contributed by atoms with Crippen LogP contribution in [0.2, 0.25) is 0 Å². The number of nitrogens with one attached hydrogen (secondary N) is 1. The van der Waals surface area contributed by atoms with Crippen molar-refractivity contribution < 1.29 is 24.1 Å². The first-order chi connectivity index (χ1) is 13.4. The van der Waals surface area contributed by atoms with Gasteiger partial charge in [0.1, 0.15) is 23.7 Å². The Morgan fingerprint density at radius 2 is 1.93 bits per heavy atom. The lowest BCUT2D eigenvalue weighted by molar-refractivity contribution is 0.0598. The largest absolute Gasteiger partial charge is 0.497 e. The Kier molecular flexibility index (Phi) is 7.63. The number of nitrogens with zero attached hydrogens (tertiary/aromatic N) is 1. The number of esters is 1. The molecule has 0 fully saturated rings. The Labute approximate surface area is 165 Å². The predicted octanol–water partition coefficient (Wildman–Crippen LogP) is 3.26. The number of pyridine rings is 1. The fourth-order valence-corrected chi connectivity index (χ4v) is 2.96. The monoisotopic (exact) mass is 388 g/mol. The normalized spacial score (nSPS) is 11.6. The first kappa shape index (κ1) is 21.5. The van der Waals surface area contributed by atoms with E-state index in [0.29, 0.717) is 23.4 Å². The Morgan fingerprint density at radius 1 is 1.25 bits per heavy atom. The van der Waals surface area contributed by atoms with Crippen LogP contribution >= 0.6 is 0 Å². The van der Waals surface area contributed by atoms with Gasteiger partial charge in [0.25, 0.3) is 0 Å². The number of benzene rings is 1. The molecule has 7 heteroatoms. The smallest absolute Gasteiger partial charge is 0.341 e. The number of aryl methyl sites for hydroxylation is 2. The summed E-state index contributed by atoms with van der Waals surface area (Å²) in [6.07, 6.45) is 2.31. The van der Waals surface area contributed by atoms with Gasteiger partial charge in [-0.15, -0.1) is 0 Å². The van der Waals surface area contributed by atoms with Gasteiger partial charge >= 0.3 is 5.97 Å². The van der Waals surface area contributed by atoms with Gasteiger partial charge in [0, 0.05) is 12.2 Å². The van der Waals surface area contributed by atoms with Crippen LogP contribution in [0.5, 0.6) is 11.5 Å². The third-order valence-electron chi connectivity index (χ3n) is 4.51. The van der Waals surface area contributed by atoms with E-state index in [9.17, 15) is 9.90 Å². The molecular weight excluding hydrogens is 360 g/mol. The molecule has 2 rings (SSSR count). The topological polar surface area (TPSA) is 89.9 Å². The zero-order chi connectivity index (χ0) is 20.7. The van der Waals surface area contributed by atoms with E-state index < -0.39 is 5.97 Å². The number of aliphatic hydroxyl groups excluding tert-OH is 1. The van der Waals surface area contributed by atoms with Crippen molar-refractivity contribution in [2.75, 3.05) is 26.1 Å². The Balaban J connectivity index is 2.34. The number of carbonyl (C=O) groups excluding carboxylic acids is 1. The van der Waals surface area contributed by atoms with Crippen molar-refractivity contribution in [1.29, 1.82) is 0 Å². The molecule has 0 saturated heterocycles. The number of aliphatic hydroxyl groups is 1. The molecule has 0 spiro atoms. The highest BCUT2D eigenvalue weighted by atomic mass is 16.5. The molecule has 28 heavy (non-hydrogen) atoms. The van der Waals surface area contributed by atoms with Crippen LogP contribution in [0.15, 0.2) is 24.4 Å². The van der Waals surface area contributed by atoms with E-state index in [4.69, 9.17) is 14.2 Å². The quantitative estimate of drug-likeness (QED) is 0.637. The third-order valence-corrected chi connectivity index (χ3v) is 4.51. The van der Waals surface area contributed by atoms with Gasteiger partial charge in [-0.3, -0.25) is 4.98 Å². The minimum absolute atomic E-state index is 0.0461. The number of rotatable bonds is 9. The SMILES string of the molecule is CCC(CO)Nc1ccnc(COc2c(C)cc(OC)cc2C)c1C(=O)OC. The van der Waals surface area contributed by atoms with Gasteiger partial charge in [-0.25, -0.2) is 4.79 Å². The Morgan fingerprint density at radius 3 is 2.46 bits per heavy atom. The van der Waals surface area contributed by atoms with Crippen LogP contribution < -0.4 is 14.8 Å². The van der Waals surface area contributed by atoms with Gasteiger partial charge in [0.15, 0.2) is 0 Å². The van der Waals surface area contributed by atoms with Gasteiger partial charge in [0.2, 0.25) is 0 Å². The molecule has 0 saturated carbocycles. The van der Waals surface area contributed by atoms with E-state index >= 15 is 0 Å². The average Bonchev–Trinajstić information content (AvgIpc) is 2.70. The fraction of sp³-hybridized carbons (Fsp3) is 0.429. The third kappa shape index (κ3) is 4.92. The first-order valence-electron chi connectivity index (χ1n) is 9.16. The summed E-state index contributed by atoms with van der Waals surface area (Å²) in [6.45, 7) is 5.88. The van der Waals surface area contributed by atoms with Crippen molar-refractivity contribution in [2.45, 2.75) is 39.8 Å². The summed E-state index contributed by atoms with van der Waals surface area (Å²) in [5.41, 5.74) is 3.18. The van der Waals surface area contributed by atoms with Gasteiger partial charge in [0.05, 0.1) is 32.2 Å². The number of hydrogen-bond acceptors (Lipinski definition) is 7. The highest BCUT2D eigenvalue weighted by molar-refractivity contribution is 5.96. The summed E-state index contributed by atoms with van der Waals surface area (Å²) < 4.78 is 16.2. The maximum absolute atomic E-state index is 12.4. The highest BCUT2D eigenvalue weighted by Gasteiger charge is 2.21. The summed E-state index contributed by atoms with van der Waals surface area (Å²) in [5.74, 6) is 0.972. The molecule has 1 aromatic heterocycles. The molecule has 1 unspecified atom stereocenters. The van der Waals surface area contributed by atoms with Gasteiger partial charge in [-0.2, -0.15) is 0 Å². The highest BCUT2D eigenvalue weighted by Crippen LogP contribution is 2.30. The molecule has 2 aromatic rings. The lowest BCUT2D eigenvalue weighted by Gasteiger charge is -2.20. The minimum atomic E-state index is -0.509. The van der Waals surface area contributed by atoms with Crippen LogP contribution in [0.1, 0.15) is 40.5 Å². The molecular formula is C21H28N2O5. The van der Waals surface area contributed by atoms with E-state index in [1.807, 2.05) is 32.9 Å². The lowest BCUT2D eigenvalue weighted by Crippen LogP contribution is -2.25. The molecule has 0 aliphatic carbocycles. The molecule has 1 atom stereocenters. The fourth-order valence-electron chi connectivity index (χ4n) is 2.96. The second-order valence-electron chi connectivity index (χ2n) is 6.48. The molecule has 7 nitrogen and oxygen atoms in total. The number of aromatic nitrogens is 1. The number of methoxy groups -OCH3 is 2. The molecule has 1 aromatic carbocycles. The number of ether oxygens (including phenoxy) is 3. The molecule has 0 amide bonds. The molecule has 0 bridgehead atoms. The summed E-state index contributed by atoms with van der Waals surface area (Å²) in [6, 6.07) is 5.30. The van der Waals surface area contributed by atoms with Crippen LogP contribution in [-0.2, 0) is 11.3 Å². The van der Waals surface area contributed by atoms with Crippen LogP contribution in [0, 0.1) is 13.8 Å². The molecule has 152 valence electrons. The molecule has 2 N–H and O–H groups in total. The van der Waals surface area contributed by atoms with Crippen LogP contribution in [0.25, 0.3) is 0 Å². The van der Waals surface area contributed by atoms with Crippen LogP contribution in [0.4, 0.5) is 5.69 Å². The van der Waals surface area contributed by atoms with Crippen molar-refractivity contribution in [3.8, 4) is 11.5 Å². The van der Waals surface area contributed by atoms with E-state index in [2.05, 4.69) is 10.3 Å². The van der Waals surface area contributed by atoms with Crippen LogP contribution in [-0.4, -0.2) is 42.9 Å². The van der Waals surface area contributed by atoms with Gasteiger partial charge in [-0.05, 0) is 49.6 Å². The maximum atomic E-state index is 12.4. The van der Waals surface area contributed by atoms with Crippen molar-refractivity contribution in [1.82, 2.24) is 4.98 Å². The maximum Gasteiger partial charge on any atom is 0.341 e. The Hall–Kier alpha value is -2.80. The molecule has 0 aliphatic rings. The summed E-state index contributed by atoms with van der Waals surface area (Å²) in [7, 11) is 2.95. The second-order valence-corrected chi connectivity index (χ2v) is 6.48. The standard InChI is InChI=1S/C21H28N2O5/c1-6-15(11-24)23-17-7-8-22-18(19(17)21(25)27-5)12-28-20-13(2)9-16(26-4)10-14(20)3/h7-10,15,24H,6,11-12H2,1-5H3,(H,22,23). The van der Waals surface area contributed by atoms with Crippen molar-refractivity contribution in [3.63, 3.8) is 0 Å². The van der Waals surface area contributed by atoms with E-state index in [0.717, 1.165) is 22.6 Å². The number of carbonyl (C=O) groups is 1. The van der Waals surface area contributed by atoms with Crippen molar-refractivity contribution in [3.05, 3.63) is 46.8 Å². The Bertz CT molecular complexity index is 795. The molecule has 0 aliphatic heterocycles. The zero-order valence-corrected chi connectivity index (χ0v) is 17.0. The lowest BCUT2D eigenvalue weighted by atomic mass is 10.1. The average molecular weight is 388 g/mol. The van der Waals surface area contributed by atoms with Gasteiger partial charge in [-0.1, -0.05) is 6.92 Å². The summed E-state index contributed by atoms with van der Waals surface area (Å²) in [5, 5.41) is 12.6. The number of anilines is 1.